The summed E-state index contributed by atoms with van der Waals surface area (Å²) in [5, 5.41) is 6.02. The lowest BCUT2D eigenvalue weighted by Gasteiger charge is -2.25. The van der Waals surface area contributed by atoms with E-state index in [0.717, 1.165) is 0 Å². The van der Waals surface area contributed by atoms with E-state index in [0.29, 0.717) is 36.3 Å². The van der Waals surface area contributed by atoms with Crippen LogP contribution in [0.1, 0.15) is 30.1 Å². The number of sulfone groups is 1. The van der Waals surface area contributed by atoms with Crippen molar-refractivity contribution in [3.05, 3.63) is 23.8 Å². The van der Waals surface area contributed by atoms with Crippen molar-refractivity contribution >= 4 is 27.1 Å². The number of amides is 1. The molecule has 0 spiro atoms. The van der Waals surface area contributed by atoms with Gasteiger partial charge in [-0.2, -0.15) is 0 Å². The molecule has 1 aromatic rings. The van der Waals surface area contributed by atoms with Gasteiger partial charge >= 0.3 is 0 Å². The average molecular weight is 311 g/mol. The first-order valence-electron chi connectivity index (χ1n) is 7.06. The lowest BCUT2D eigenvalue weighted by molar-refractivity contribution is 0.0956. The Bertz CT molecular complexity index is 614. The fourth-order valence-electron chi connectivity index (χ4n) is 2.39. The second-order valence-electron chi connectivity index (χ2n) is 5.23. The molecule has 0 aliphatic carbocycles. The molecule has 4 N–H and O–H groups in total. The summed E-state index contributed by atoms with van der Waals surface area (Å²) in [6, 6.07) is 5.13. The first-order chi connectivity index (χ1) is 9.91. The van der Waals surface area contributed by atoms with Crippen LogP contribution < -0.4 is 16.4 Å². The third-order valence-electron chi connectivity index (χ3n) is 3.54. The van der Waals surface area contributed by atoms with Gasteiger partial charge in [0.15, 0.2) is 0 Å². The number of benzene rings is 1. The van der Waals surface area contributed by atoms with Crippen LogP contribution in [-0.2, 0) is 9.84 Å². The topological polar surface area (TPSA) is 101 Å². The highest BCUT2D eigenvalue weighted by atomic mass is 32.2. The molecule has 116 valence electrons. The first-order valence-corrected chi connectivity index (χ1v) is 8.88. The molecular weight excluding hydrogens is 290 g/mol. The van der Waals surface area contributed by atoms with Crippen molar-refractivity contribution in [2.75, 3.05) is 29.1 Å². The predicted octanol–water partition coefficient (Wildman–Crippen LogP) is 1.01. The van der Waals surface area contributed by atoms with E-state index in [2.05, 4.69) is 10.6 Å². The molecule has 1 heterocycles. The molecule has 1 fully saturated rings. The Hall–Kier alpha value is -1.76. The van der Waals surface area contributed by atoms with Crippen LogP contribution in [0.4, 0.5) is 11.4 Å². The van der Waals surface area contributed by atoms with Gasteiger partial charge in [-0.25, -0.2) is 8.42 Å². The number of anilines is 2. The van der Waals surface area contributed by atoms with E-state index in [-0.39, 0.29) is 23.5 Å². The number of hydrogen-bond acceptors (Lipinski definition) is 5. The van der Waals surface area contributed by atoms with Gasteiger partial charge in [0.05, 0.1) is 17.1 Å². The van der Waals surface area contributed by atoms with Crippen LogP contribution in [-0.4, -0.2) is 38.4 Å². The molecule has 21 heavy (non-hydrogen) atoms. The SMILES string of the molecule is CCNC(=O)c1ccc(N)cc1NC1CCS(=O)(=O)CC1. The Labute approximate surface area is 125 Å². The fourth-order valence-corrected chi connectivity index (χ4v) is 3.88. The molecule has 1 amide bonds. The second kappa shape index (κ2) is 6.34. The minimum Gasteiger partial charge on any atom is -0.399 e. The number of carbonyl (C=O) groups is 1. The molecule has 0 radical (unpaired) electrons. The molecule has 0 saturated carbocycles. The van der Waals surface area contributed by atoms with E-state index >= 15 is 0 Å². The molecule has 1 aliphatic rings. The standard InChI is InChI=1S/C14H21N3O3S/c1-2-16-14(18)12-4-3-10(15)9-13(12)17-11-5-7-21(19,20)8-6-11/h3-4,9,11,17H,2,5-8,15H2,1H3,(H,16,18). The minimum atomic E-state index is -2.90. The Morgan fingerprint density at radius 1 is 1.33 bits per heavy atom. The number of nitrogen functional groups attached to an aromatic ring is 1. The Morgan fingerprint density at radius 3 is 2.62 bits per heavy atom. The van der Waals surface area contributed by atoms with Gasteiger partial charge in [0.1, 0.15) is 9.84 Å². The van der Waals surface area contributed by atoms with E-state index < -0.39 is 9.84 Å². The summed E-state index contributed by atoms with van der Waals surface area (Å²) in [4.78, 5) is 12.0. The van der Waals surface area contributed by atoms with Crippen molar-refractivity contribution < 1.29 is 13.2 Å². The minimum absolute atomic E-state index is 0.0449. The summed E-state index contributed by atoms with van der Waals surface area (Å²) in [5.74, 6) is 0.205. The van der Waals surface area contributed by atoms with Crippen LogP contribution in [0.25, 0.3) is 0 Å². The van der Waals surface area contributed by atoms with Crippen LogP contribution in [0.2, 0.25) is 0 Å². The number of nitrogens with one attached hydrogen (secondary N) is 2. The van der Waals surface area contributed by atoms with Crippen LogP contribution in [0.5, 0.6) is 0 Å². The first kappa shape index (κ1) is 15.6. The highest BCUT2D eigenvalue weighted by Gasteiger charge is 2.24. The monoisotopic (exact) mass is 311 g/mol. The highest BCUT2D eigenvalue weighted by molar-refractivity contribution is 7.91. The van der Waals surface area contributed by atoms with Crippen molar-refractivity contribution in [3.63, 3.8) is 0 Å². The summed E-state index contributed by atoms with van der Waals surface area (Å²) in [6.07, 6.45) is 1.10. The smallest absolute Gasteiger partial charge is 0.253 e. The summed E-state index contributed by atoms with van der Waals surface area (Å²) in [7, 11) is -2.90. The molecule has 1 aromatic carbocycles. The maximum atomic E-state index is 12.0. The number of hydrogen-bond donors (Lipinski definition) is 3. The van der Waals surface area contributed by atoms with Crippen molar-refractivity contribution in [2.45, 2.75) is 25.8 Å². The Morgan fingerprint density at radius 2 is 2.00 bits per heavy atom. The lowest BCUT2D eigenvalue weighted by Crippen LogP contribution is -2.33. The van der Waals surface area contributed by atoms with Gasteiger partial charge in [0.25, 0.3) is 5.91 Å². The van der Waals surface area contributed by atoms with Gasteiger partial charge in [0.2, 0.25) is 0 Å². The van der Waals surface area contributed by atoms with Crippen LogP contribution in [0, 0.1) is 0 Å². The molecule has 1 saturated heterocycles. The Kier molecular flexibility index (Phi) is 4.72. The molecule has 6 nitrogen and oxygen atoms in total. The molecule has 0 aromatic heterocycles. The number of carbonyl (C=O) groups excluding carboxylic acids is 1. The average Bonchev–Trinajstić information content (AvgIpc) is 2.41. The zero-order valence-electron chi connectivity index (χ0n) is 12.1. The summed E-state index contributed by atoms with van der Waals surface area (Å²) in [5.41, 5.74) is 7.53. The van der Waals surface area contributed by atoms with Gasteiger partial charge in [-0.1, -0.05) is 0 Å². The van der Waals surface area contributed by atoms with Gasteiger partial charge < -0.3 is 16.4 Å². The van der Waals surface area contributed by atoms with E-state index in [1.54, 1.807) is 18.2 Å². The molecule has 0 bridgehead atoms. The third kappa shape index (κ3) is 4.10. The maximum absolute atomic E-state index is 12.0. The highest BCUT2D eigenvalue weighted by Crippen LogP contribution is 2.23. The normalized spacial score (nSPS) is 18.1. The molecule has 7 heteroatoms. The third-order valence-corrected chi connectivity index (χ3v) is 5.26. The Balaban J connectivity index is 2.15. The maximum Gasteiger partial charge on any atom is 0.253 e. The zero-order valence-corrected chi connectivity index (χ0v) is 12.9. The molecular formula is C14H21N3O3S. The fraction of sp³-hybridized carbons (Fsp3) is 0.500. The summed E-state index contributed by atoms with van der Waals surface area (Å²) in [6.45, 7) is 2.40. The molecule has 2 rings (SSSR count). The lowest BCUT2D eigenvalue weighted by atomic mass is 10.1. The molecule has 1 aliphatic heterocycles. The van der Waals surface area contributed by atoms with Crippen LogP contribution in [0.15, 0.2) is 18.2 Å². The van der Waals surface area contributed by atoms with Crippen molar-refractivity contribution in [1.29, 1.82) is 0 Å². The van der Waals surface area contributed by atoms with E-state index in [1.165, 1.54) is 0 Å². The van der Waals surface area contributed by atoms with E-state index in [1.807, 2.05) is 6.92 Å². The van der Waals surface area contributed by atoms with Crippen LogP contribution in [0.3, 0.4) is 0 Å². The summed E-state index contributed by atoms with van der Waals surface area (Å²) >= 11 is 0. The zero-order chi connectivity index (χ0) is 15.5. The van der Waals surface area contributed by atoms with E-state index in [4.69, 9.17) is 5.73 Å². The molecule has 0 unspecified atom stereocenters. The van der Waals surface area contributed by atoms with Gasteiger partial charge in [0, 0.05) is 24.0 Å². The van der Waals surface area contributed by atoms with Crippen molar-refractivity contribution in [3.8, 4) is 0 Å². The van der Waals surface area contributed by atoms with Crippen LogP contribution >= 0.6 is 0 Å². The largest absolute Gasteiger partial charge is 0.399 e. The second-order valence-corrected chi connectivity index (χ2v) is 7.54. The number of nitrogens with two attached hydrogens (primary N) is 1. The van der Waals surface area contributed by atoms with Gasteiger partial charge in [-0.05, 0) is 38.0 Å². The number of rotatable bonds is 4. The van der Waals surface area contributed by atoms with Crippen molar-refractivity contribution in [1.82, 2.24) is 5.32 Å². The van der Waals surface area contributed by atoms with Gasteiger partial charge in [-0.3, -0.25) is 4.79 Å². The molecule has 0 atom stereocenters. The van der Waals surface area contributed by atoms with Crippen molar-refractivity contribution in [2.24, 2.45) is 0 Å². The predicted molar refractivity (Wildman–Crippen MR) is 84.2 cm³/mol. The van der Waals surface area contributed by atoms with E-state index in [9.17, 15) is 13.2 Å². The van der Waals surface area contributed by atoms with Gasteiger partial charge in [-0.15, -0.1) is 0 Å². The quantitative estimate of drug-likeness (QED) is 0.720. The summed E-state index contributed by atoms with van der Waals surface area (Å²) < 4.78 is 22.9.